The molecule has 1 aromatic rings. The topological polar surface area (TPSA) is 90.7 Å². The Morgan fingerprint density at radius 1 is 1.25 bits per heavy atom. The summed E-state index contributed by atoms with van der Waals surface area (Å²) in [5.41, 5.74) is 10.2. The summed E-state index contributed by atoms with van der Waals surface area (Å²) >= 11 is 0. The van der Waals surface area contributed by atoms with Gasteiger partial charge in [0, 0.05) is 0 Å². The number of hydrogen-bond donors (Lipinski definition) is 2. The molecule has 0 saturated heterocycles. The van der Waals surface area contributed by atoms with Crippen molar-refractivity contribution < 1.29 is 0 Å². The van der Waals surface area contributed by atoms with Crippen molar-refractivity contribution in [3.05, 3.63) is 6.20 Å². The van der Waals surface area contributed by atoms with Crippen LogP contribution in [0.25, 0.3) is 0 Å². The maximum Gasteiger partial charge on any atom is 0.240 e. The first-order valence-electron chi connectivity index (χ1n) is 2.00. The van der Waals surface area contributed by atoms with Crippen LogP contribution in [0.5, 0.6) is 0 Å². The van der Waals surface area contributed by atoms with Crippen molar-refractivity contribution in [1.29, 1.82) is 0 Å². The van der Waals surface area contributed by atoms with Gasteiger partial charge < -0.3 is 11.5 Å². The predicted molar refractivity (Wildman–Crippen MR) is 28.7 cm³/mol. The van der Waals surface area contributed by atoms with Gasteiger partial charge in [-0.1, -0.05) is 0 Å². The normalized spacial score (nSPS) is 9.00. The van der Waals surface area contributed by atoms with E-state index in [0.717, 1.165) is 0 Å². The lowest BCUT2D eigenvalue weighted by molar-refractivity contribution is 0.997. The zero-order valence-corrected chi connectivity index (χ0v) is 4.07. The van der Waals surface area contributed by atoms with E-state index in [9.17, 15) is 0 Å². The lowest BCUT2D eigenvalue weighted by Gasteiger charge is -1.87. The molecule has 0 atom stereocenters. The minimum Gasteiger partial charge on any atom is -0.381 e. The van der Waals surface area contributed by atoms with Crippen LogP contribution in [0.15, 0.2) is 6.20 Å². The molecule has 0 aliphatic carbocycles. The first kappa shape index (κ1) is 4.76. The van der Waals surface area contributed by atoms with Gasteiger partial charge in [0.2, 0.25) is 5.95 Å². The van der Waals surface area contributed by atoms with Crippen molar-refractivity contribution in [2.24, 2.45) is 0 Å². The zero-order valence-electron chi connectivity index (χ0n) is 4.07. The highest BCUT2D eigenvalue weighted by atomic mass is 15.2. The Balaban J connectivity index is 3.03. The SMILES string of the molecule is Nc1cnc(N)nn1. The summed E-state index contributed by atoms with van der Waals surface area (Å²) in [6, 6.07) is 0. The molecule has 42 valence electrons. The number of aromatic nitrogens is 3. The van der Waals surface area contributed by atoms with Crippen LogP contribution in [0.3, 0.4) is 0 Å². The Morgan fingerprint density at radius 2 is 2.00 bits per heavy atom. The summed E-state index contributed by atoms with van der Waals surface area (Å²) in [5, 5.41) is 6.79. The third-order valence-corrected chi connectivity index (χ3v) is 0.597. The fraction of sp³-hybridized carbons (Fsp3) is 0. The molecular formula is C3H5N5. The van der Waals surface area contributed by atoms with Gasteiger partial charge in [0.25, 0.3) is 0 Å². The number of hydrogen-bond acceptors (Lipinski definition) is 5. The summed E-state index contributed by atoms with van der Waals surface area (Å²) in [7, 11) is 0. The second-order valence-corrected chi connectivity index (χ2v) is 1.24. The highest BCUT2D eigenvalue weighted by molar-refractivity contribution is 5.24. The van der Waals surface area contributed by atoms with E-state index in [1.807, 2.05) is 0 Å². The Hall–Kier alpha value is -1.39. The highest BCUT2D eigenvalue weighted by Gasteiger charge is 1.85. The highest BCUT2D eigenvalue weighted by Crippen LogP contribution is 1.89. The average molecular weight is 111 g/mol. The molecule has 5 nitrogen and oxygen atoms in total. The first-order chi connectivity index (χ1) is 3.79. The Morgan fingerprint density at radius 3 is 2.38 bits per heavy atom. The van der Waals surface area contributed by atoms with Gasteiger partial charge in [0.05, 0.1) is 6.20 Å². The molecular weight excluding hydrogens is 106 g/mol. The van der Waals surface area contributed by atoms with Gasteiger partial charge in [-0.3, -0.25) is 0 Å². The van der Waals surface area contributed by atoms with E-state index < -0.39 is 0 Å². The largest absolute Gasteiger partial charge is 0.381 e. The number of nitrogen functional groups attached to an aromatic ring is 2. The molecule has 0 aromatic carbocycles. The van der Waals surface area contributed by atoms with E-state index in [1.54, 1.807) is 0 Å². The summed E-state index contributed by atoms with van der Waals surface area (Å²) in [5.74, 6) is 0.415. The molecule has 0 bridgehead atoms. The molecule has 0 unspecified atom stereocenters. The van der Waals surface area contributed by atoms with E-state index in [0.29, 0.717) is 0 Å². The molecule has 4 N–H and O–H groups in total. The molecule has 0 radical (unpaired) electrons. The van der Waals surface area contributed by atoms with Crippen molar-refractivity contribution >= 4 is 11.8 Å². The average Bonchev–Trinajstić information content (AvgIpc) is 1.77. The minimum absolute atomic E-state index is 0.138. The molecule has 0 saturated carbocycles. The van der Waals surface area contributed by atoms with Gasteiger partial charge in [-0.05, 0) is 0 Å². The second-order valence-electron chi connectivity index (χ2n) is 1.24. The standard InChI is InChI=1S/C3H5N5/c4-2-1-6-3(5)8-7-2/h1H,(H2,4,7)(H2,5,6,8). The Kier molecular flexibility index (Phi) is 0.957. The van der Waals surface area contributed by atoms with Crippen molar-refractivity contribution in [1.82, 2.24) is 15.2 Å². The lowest BCUT2D eigenvalue weighted by atomic mass is 10.8. The maximum atomic E-state index is 5.14. The number of rotatable bonds is 0. The summed E-state index contributed by atoms with van der Waals surface area (Å²) in [6.45, 7) is 0. The molecule has 5 heteroatoms. The molecule has 1 heterocycles. The molecule has 0 amide bonds. The van der Waals surface area contributed by atoms with Crippen molar-refractivity contribution in [3.63, 3.8) is 0 Å². The number of nitrogens with zero attached hydrogens (tertiary/aromatic N) is 3. The predicted octanol–water partition coefficient (Wildman–Crippen LogP) is -0.964. The number of anilines is 2. The minimum atomic E-state index is 0.138. The van der Waals surface area contributed by atoms with Crippen LogP contribution in [-0.2, 0) is 0 Å². The van der Waals surface area contributed by atoms with Gasteiger partial charge in [0.15, 0.2) is 5.82 Å². The van der Waals surface area contributed by atoms with E-state index >= 15 is 0 Å². The first-order valence-corrected chi connectivity index (χ1v) is 2.00. The molecule has 1 aromatic heterocycles. The van der Waals surface area contributed by atoms with Gasteiger partial charge in [-0.25, -0.2) is 4.98 Å². The molecule has 0 aliphatic rings. The summed E-state index contributed by atoms with van der Waals surface area (Å²) in [4.78, 5) is 3.56. The summed E-state index contributed by atoms with van der Waals surface area (Å²) < 4.78 is 0. The van der Waals surface area contributed by atoms with Gasteiger partial charge in [0.1, 0.15) is 0 Å². The second kappa shape index (κ2) is 1.61. The Bertz CT molecular complexity index is 147. The molecule has 8 heavy (non-hydrogen) atoms. The van der Waals surface area contributed by atoms with Gasteiger partial charge in [-0.2, -0.15) is 0 Å². The summed E-state index contributed by atoms with van der Waals surface area (Å²) in [6.07, 6.45) is 1.35. The van der Waals surface area contributed by atoms with Crippen molar-refractivity contribution in [2.45, 2.75) is 0 Å². The molecule has 0 aliphatic heterocycles. The van der Waals surface area contributed by atoms with Crippen LogP contribution in [0.4, 0.5) is 11.8 Å². The molecule has 0 spiro atoms. The van der Waals surface area contributed by atoms with Crippen LogP contribution >= 0.6 is 0 Å². The van der Waals surface area contributed by atoms with E-state index in [-0.39, 0.29) is 11.8 Å². The number of nitrogens with two attached hydrogens (primary N) is 2. The Labute approximate surface area is 45.7 Å². The smallest absolute Gasteiger partial charge is 0.240 e. The van der Waals surface area contributed by atoms with Crippen molar-refractivity contribution in [2.75, 3.05) is 11.5 Å². The van der Waals surface area contributed by atoms with Crippen LogP contribution in [0.1, 0.15) is 0 Å². The van der Waals surface area contributed by atoms with E-state index in [1.165, 1.54) is 6.20 Å². The molecule has 1 rings (SSSR count). The monoisotopic (exact) mass is 111 g/mol. The van der Waals surface area contributed by atoms with Crippen molar-refractivity contribution in [3.8, 4) is 0 Å². The zero-order chi connectivity index (χ0) is 5.98. The fourth-order valence-corrected chi connectivity index (χ4v) is 0.293. The van der Waals surface area contributed by atoms with Crippen LogP contribution in [0.2, 0.25) is 0 Å². The van der Waals surface area contributed by atoms with Crippen LogP contribution < -0.4 is 11.5 Å². The fourth-order valence-electron chi connectivity index (χ4n) is 0.293. The lowest BCUT2D eigenvalue weighted by Crippen LogP contribution is -1.99. The van der Waals surface area contributed by atoms with Gasteiger partial charge in [-0.15, -0.1) is 10.2 Å². The van der Waals surface area contributed by atoms with E-state index in [2.05, 4.69) is 15.2 Å². The van der Waals surface area contributed by atoms with Crippen LogP contribution in [-0.4, -0.2) is 15.2 Å². The van der Waals surface area contributed by atoms with E-state index in [4.69, 9.17) is 11.5 Å². The molecule has 0 fully saturated rings. The quantitative estimate of drug-likeness (QED) is 0.449. The van der Waals surface area contributed by atoms with Crippen LogP contribution in [0, 0.1) is 0 Å². The third-order valence-electron chi connectivity index (χ3n) is 0.597. The van der Waals surface area contributed by atoms with Gasteiger partial charge >= 0.3 is 0 Å². The maximum absolute atomic E-state index is 5.14. The third kappa shape index (κ3) is 0.810.